The molecule has 0 saturated carbocycles. The molecule has 0 amide bonds. The van der Waals surface area contributed by atoms with E-state index in [0.717, 1.165) is 18.8 Å². The number of hydrogen-bond donors (Lipinski definition) is 1. The minimum atomic E-state index is 0.650. The predicted octanol–water partition coefficient (Wildman–Crippen LogP) is 0.699. The maximum Gasteiger partial charge on any atom is 0.138 e. The second kappa shape index (κ2) is 4.99. The molecule has 1 saturated heterocycles. The number of aromatic nitrogens is 3. The summed E-state index contributed by atoms with van der Waals surface area (Å²) in [4.78, 5) is 4.29. The lowest BCUT2D eigenvalue weighted by atomic mass is 9.99. The molecule has 84 valence electrons. The molecule has 1 aromatic rings. The first-order chi connectivity index (χ1) is 7.31. The molecule has 2 heterocycles. The van der Waals surface area contributed by atoms with Crippen molar-refractivity contribution in [3.63, 3.8) is 0 Å². The fourth-order valence-electron chi connectivity index (χ4n) is 2.03. The van der Waals surface area contributed by atoms with E-state index in [1.807, 2.05) is 23.5 Å². The average Bonchev–Trinajstić information content (AvgIpc) is 2.80. The van der Waals surface area contributed by atoms with E-state index in [2.05, 4.69) is 22.3 Å². The molecule has 1 N–H and O–H groups in total. The van der Waals surface area contributed by atoms with Crippen molar-refractivity contribution in [1.82, 2.24) is 20.1 Å². The topological polar surface area (TPSA) is 42.7 Å². The number of aryl methyl sites for hydroxylation is 1. The Labute approximate surface area is 94.8 Å². The molecule has 15 heavy (non-hydrogen) atoms. The van der Waals surface area contributed by atoms with Crippen LogP contribution >= 0.6 is 11.8 Å². The molecule has 2 atom stereocenters. The van der Waals surface area contributed by atoms with Crippen LogP contribution in [0.5, 0.6) is 0 Å². The van der Waals surface area contributed by atoms with E-state index >= 15 is 0 Å². The minimum Gasteiger partial charge on any atom is -0.313 e. The first-order valence-corrected chi connectivity index (χ1v) is 6.60. The van der Waals surface area contributed by atoms with Gasteiger partial charge in [-0.25, -0.2) is 4.98 Å². The summed E-state index contributed by atoms with van der Waals surface area (Å²) in [7, 11) is 1.96. The maximum atomic E-state index is 4.29. The van der Waals surface area contributed by atoms with E-state index in [1.165, 1.54) is 11.5 Å². The standard InChI is InChI=1S/C10H18N4S/c1-3-11-9-6-15-5-8(9)4-10-12-7-13-14(10)2/h7-9,11H,3-6H2,1-2H3. The highest BCUT2D eigenvalue weighted by molar-refractivity contribution is 7.99. The molecule has 1 aliphatic rings. The van der Waals surface area contributed by atoms with Gasteiger partial charge < -0.3 is 5.32 Å². The lowest BCUT2D eigenvalue weighted by molar-refractivity contribution is 0.421. The van der Waals surface area contributed by atoms with Crippen LogP contribution in [0.2, 0.25) is 0 Å². The molecule has 0 aliphatic carbocycles. The summed E-state index contributed by atoms with van der Waals surface area (Å²) in [6.07, 6.45) is 2.68. The zero-order valence-electron chi connectivity index (χ0n) is 9.31. The molecular formula is C10H18N4S. The Kier molecular flexibility index (Phi) is 3.64. The van der Waals surface area contributed by atoms with Crippen molar-refractivity contribution in [1.29, 1.82) is 0 Å². The van der Waals surface area contributed by atoms with Crippen molar-refractivity contribution in [2.75, 3.05) is 18.1 Å². The van der Waals surface area contributed by atoms with Crippen molar-refractivity contribution < 1.29 is 0 Å². The minimum absolute atomic E-state index is 0.650. The molecular weight excluding hydrogens is 208 g/mol. The van der Waals surface area contributed by atoms with Crippen LogP contribution in [-0.4, -0.2) is 38.9 Å². The zero-order chi connectivity index (χ0) is 10.7. The van der Waals surface area contributed by atoms with Gasteiger partial charge in [-0.15, -0.1) is 0 Å². The summed E-state index contributed by atoms with van der Waals surface area (Å²) in [6.45, 7) is 3.23. The zero-order valence-corrected chi connectivity index (χ0v) is 10.1. The van der Waals surface area contributed by atoms with Crippen LogP contribution < -0.4 is 5.32 Å². The first-order valence-electron chi connectivity index (χ1n) is 5.45. The monoisotopic (exact) mass is 226 g/mol. The highest BCUT2D eigenvalue weighted by Crippen LogP contribution is 2.26. The molecule has 0 bridgehead atoms. The molecule has 0 spiro atoms. The molecule has 0 radical (unpaired) electrons. The van der Waals surface area contributed by atoms with Crippen LogP contribution in [0, 0.1) is 5.92 Å². The van der Waals surface area contributed by atoms with Crippen LogP contribution in [0.25, 0.3) is 0 Å². The van der Waals surface area contributed by atoms with Crippen LogP contribution in [0.4, 0.5) is 0 Å². The normalized spacial score (nSPS) is 26.0. The van der Waals surface area contributed by atoms with Gasteiger partial charge in [0.1, 0.15) is 12.2 Å². The summed E-state index contributed by atoms with van der Waals surface area (Å²) in [6, 6.07) is 0.650. The smallest absolute Gasteiger partial charge is 0.138 e. The fraction of sp³-hybridized carbons (Fsp3) is 0.800. The van der Waals surface area contributed by atoms with E-state index in [-0.39, 0.29) is 0 Å². The molecule has 2 rings (SSSR count). The predicted molar refractivity (Wildman–Crippen MR) is 63.0 cm³/mol. The average molecular weight is 226 g/mol. The lowest BCUT2D eigenvalue weighted by Crippen LogP contribution is -2.36. The lowest BCUT2D eigenvalue weighted by Gasteiger charge is -2.18. The van der Waals surface area contributed by atoms with Gasteiger partial charge in [-0.1, -0.05) is 6.92 Å². The molecule has 2 unspecified atom stereocenters. The van der Waals surface area contributed by atoms with Gasteiger partial charge in [-0.3, -0.25) is 4.68 Å². The van der Waals surface area contributed by atoms with Crippen LogP contribution in [0.15, 0.2) is 6.33 Å². The number of hydrogen-bond acceptors (Lipinski definition) is 4. The molecule has 0 aromatic carbocycles. The Hall–Kier alpha value is -0.550. The van der Waals surface area contributed by atoms with E-state index in [4.69, 9.17) is 0 Å². The Morgan fingerprint density at radius 1 is 1.60 bits per heavy atom. The number of nitrogens with zero attached hydrogens (tertiary/aromatic N) is 3. The molecule has 5 heteroatoms. The Bertz CT molecular complexity index is 312. The van der Waals surface area contributed by atoms with Crippen LogP contribution in [-0.2, 0) is 13.5 Å². The van der Waals surface area contributed by atoms with Gasteiger partial charge in [0.2, 0.25) is 0 Å². The summed E-state index contributed by atoms with van der Waals surface area (Å²) in [5.41, 5.74) is 0. The Morgan fingerprint density at radius 3 is 3.13 bits per heavy atom. The molecule has 4 nitrogen and oxygen atoms in total. The summed E-state index contributed by atoms with van der Waals surface area (Å²) >= 11 is 2.04. The van der Waals surface area contributed by atoms with Crippen molar-refractivity contribution in [3.05, 3.63) is 12.2 Å². The second-order valence-corrected chi connectivity index (χ2v) is 5.04. The van der Waals surface area contributed by atoms with Crippen molar-refractivity contribution >= 4 is 11.8 Å². The number of thioether (sulfide) groups is 1. The second-order valence-electron chi connectivity index (χ2n) is 3.97. The van der Waals surface area contributed by atoms with Crippen molar-refractivity contribution in [3.8, 4) is 0 Å². The van der Waals surface area contributed by atoms with Gasteiger partial charge in [0, 0.05) is 25.3 Å². The third-order valence-electron chi connectivity index (χ3n) is 2.91. The quantitative estimate of drug-likeness (QED) is 0.820. The van der Waals surface area contributed by atoms with Gasteiger partial charge in [-0.2, -0.15) is 16.9 Å². The highest BCUT2D eigenvalue weighted by atomic mass is 32.2. The summed E-state index contributed by atoms with van der Waals surface area (Å²) < 4.78 is 1.88. The van der Waals surface area contributed by atoms with Crippen LogP contribution in [0.3, 0.4) is 0 Å². The number of rotatable bonds is 4. The molecule has 1 fully saturated rings. The van der Waals surface area contributed by atoms with Gasteiger partial charge in [-0.05, 0) is 18.2 Å². The van der Waals surface area contributed by atoms with Crippen molar-refractivity contribution in [2.24, 2.45) is 13.0 Å². The molecule has 1 aromatic heterocycles. The van der Waals surface area contributed by atoms with Gasteiger partial charge in [0.05, 0.1) is 0 Å². The highest BCUT2D eigenvalue weighted by Gasteiger charge is 2.28. The fourth-order valence-corrected chi connectivity index (χ4v) is 3.46. The first kappa shape index (κ1) is 11.0. The maximum absolute atomic E-state index is 4.29. The Morgan fingerprint density at radius 2 is 2.47 bits per heavy atom. The SMILES string of the molecule is CCNC1CSCC1Cc1ncnn1C. The third-order valence-corrected chi connectivity index (χ3v) is 4.17. The van der Waals surface area contributed by atoms with Crippen LogP contribution in [0.1, 0.15) is 12.7 Å². The summed E-state index contributed by atoms with van der Waals surface area (Å²) in [5, 5.41) is 7.66. The van der Waals surface area contributed by atoms with E-state index in [9.17, 15) is 0 Å². The van der Waals surface area contributed by atoms with E-state index in [1.54, 1.807) is 6.33 Å². The van der Waals surface area contributed by atoms with Crippen molar-refractivity contribution in [2.45, 2.75) is 19.4 Å². The van der Waals surface area contributed by atoms with Gasteiger partial charge in [0.15, 0.2) is 0 Å². The Balaban J connectivity index is 1.96. The molecule has 1 aliphatic heterocycles. The summed E-state index contributed by atoms with van der Waals surface area (Å²) in [5.74, 6) is 4.28. The largest absolute Gasteiger partial charge is 0.313 e. The number of nitrogens with one attached hydrogen (secondary N) is 1. The third kappa shape index (κ3) is 2.52. The van der Waals surface area contributed by atoms with E-state index < -0.39 is 0 Å². The van der Waals surface area contributed by atoms with Gasteiger partial charge >= 0.3 is 0 Å². The van der Waals surface area contributed by atoms with E-state index in [0.29, 0.717) is 12.0 Å². The van der Waals surface area contributed by atoms with Gasteiger partial charge in [0.25, 0.3) is 0 Å².